The summed E-state index contributed by atoms with van der Waals surface area (Å²) in [6, 6.07) is 14.7. The van der Waals surface area contributed by atoms with Crippen molar-refractivity contribution >= 4 is 17.7 Å². The van der Waals surface area contributed by atoms with Crippen LogP contribution in [0, 0.1) is 5.92 Å². The number of benzene rings is 1. The van der Waals surface area contributed by atoms with Crippen LogP contribution in [-0.2, 0) is 16.2 Å². The Morgan fingerprint density at radius 3 is 2.76 bits per heavy atom. The molecule has 2 aromatic rings. The standard InChI is InChI=1S/C24H32NO3S/c1-25-14-6-5-11-22(25)20(10-7-15-25)16-27-24(26)23-13-12-21(28-23)18-29-17-19-8-3-2-4-9-19/h2-4,8-9,12-13,20,22H,5-7,10-11,14-18H2,1H3/q+1/t20-,22+,25?/m1/s1. The lowest BCUT2D eigenvalue weighted by Gasteiger charge is -2.51. The van der Waals surface area contributed by atoms with Crippen LogP contribution in [0.3, 0.4) is 0 Å². The molecule has 1 unspecified atom stereocenters. The first-order valence-corrected chi connectivity index (χ1v) is 12.0. The predicted octanol–water partition coefficient (Wildman–Crippen LogP) is 5.28. The van der Waals surface area contributed by atoms with Gasteiger partial charge >= 0.3 is 5.97 Å². The molecule has 1 aromatic heterocycles. The zero-order valence-electron chi connectivity index (χ0n) is 17.3. The van der Waals surface area contributed by atoms with E-state index in [4.69, 9.17) is 9.15 Å². The van der Waals surface area contributed by atoms with Crippen LogP contribution in [0.1, 0.15) is 54.0 Å². The van der Waals surface area contributed by atoms with Gasteiger partial charge in [0.05, 0.1) is 31.9 Å². The van der Waals surface area contributed by atoms with Crippen molar-refractivity contribution in [3.05, 3.63) is 59.5 Å². The van der Waals surface area contributed by atoms with E-state index in [0.717, 1.165) is 17.3 Å². The van der Waals surface area contributed by atoms with Crippen molar-refractivity contribution in [1.82, 2.24) is 0 Å². The topological polar surface area (TPSA) is 39.4 Å². The molecule has 0 aliphatic carbocycles. The van der Waals surface area contributed by atoms with Crippen molar-refractivity contribution in [2.24, 2.45) is 5.92 Å². The van der Waals surface area contributed by atoms with E-state index in [9.17, 15) is 4.79 Å². The number of esters is 1. The summed E-state index contributed by atoms with van der Waals surface area (Å²) in [5.41, 5.74) is 1.30. The van der Waals surface area contributed by atoms with Gasteiger partial charge in [-0.3, -0.25) is 0 Å². The van der Waals surface area contributed by atoms with Gasteiger partial charge in [0.1, 0.15) is 12.4 Å². The van der Waals surface area contributed by atoms with Crippen LogP contribution in [0.4, 0.5) is 0 Å². The molecule has 0 amide bonds. The number of nitrogens with zero attached hydrogens (tertiary/aromatic N) is 1. The molecule has 4 nitrogen and oxygen atoms in total. The summed E-state index contributed by atoms with van der Waals surface area (Å²) in [6.45, 7) is 3.07. The van der Waals surface area contributed by atoms with Crippen molar-refractivity contribution in [3.63, 3.8) is 0 Å². The number of hydrogen-bond donors (Lipinski definition) is 0. The molecule has 0 radical (unpaired) electrons. The van der Waals surface area contributed by atoms with Crippen LogP contribution in [-0.4, -0.2) is 43.2 Å². The maximum atomic E-state index is 12.5. The lowest BCUT2D eigenvalue weighted by atomic mass is 9.82. The Bertz CT molecular complexity index is 801. The van der Waals surface area contributed by atoms with E-state index in [-0.39, 0.29) is 5.97 Å². The maximum absolute atomic E-state index is 12.5. The van der Waals surface area contributed by atoms with Crippen molar-refractivity contribution in [2.45, 2.75) is 49.7 Å². The van der Waals surface area contributed by atoms with E-state index in [2.05, 4.69) is 31.3 Å². The highest BCUT2D eigenvalue weighted by atomic mass is 32.2. The van der Waals surface area contributed by atoms with Crippen LogP contribution < -0.4 is 0 Å². The summed E-state index contributed by atoms with van der Waals surface area (Å²) in [4.78, 5) is 12.5. The summed E-state index contributed by atoms with van der Waals surface area (Å²) in [6.07, 6.45) is 6.31. The van der Waals surface area contributed by atoms with Gasteiger partial charge in [0.25, 0.3) is 0 Å². The van der Waals surface area contributed by atoms with Gasteiger partial charge < -0.3 is 13.6 Å². The molecule has 2 aliphatic rings. The highest BCUT2D eigenvalue weighted by Crippen LogP contribution is 2.36. The Balaban J connectivity index is 1.26. The van der Waals surface area contributed by atoms with Crippen LogP contribution in [0.5, 0.6) is 0 Å². The highest BCUT2D eigenvalue weighted by molar-refractivity contribution is 7.97. The third kappa shape index (κ3) is 5.07. The third-order valence-corrected chi connectivity index (χ3v) is 7.68. The van der Waals surface area contributed by atoms with Gasteiger partial charge in [-0.15, -0.1) is 11.8 Å². The number of piperidine rings is 2. The number of carbonyl (C=O) groups excluding carboxylic acids is 1. The average Bonchev–Trinajstić information content (AvgIpc) is 3.21. The minimum absolute atomic E-state index is 0.320. The molecule has 0 bridgehead atoms. The molecule has 3 heterocycles. The van der Waals surface area contributed by atoms with Crippen LogP contribution in [0.25, 0.3) is 0 Å². The second-order valence-corrected chi connectivity index (χ2v) is 9.72. The van der Waals surface area contributed by atoms with Crippen LogP contribution >= 0.6 is 11.8 Å². The van der Waals surface area contributed by atoms with Gasteiger partial charge in [-0.05, 0) is 43.4 Å². The smallest absolute Gasteiger partial charge is 0.374 e. The van der Waals surface area contributed by atoms with Gasteiger partial charge in [-0.2, -0.15) is 0 Å². The Labute approximate surface area is 178 Å². The lowest BCUT2D eigenvalue weighted by Crippen LogP contribution is -2.61. The predicted molar refractivity (Wildman–Crippen MR) is 117 cm³/mol. The third-order valence-electron chi connectivity index (χ3n) is 6.65. The van der Waals surface area contributed by atoms with Gasteiger partial charge in [-0.25, -0.2) is 4.79 Å². The number of ether oxygens (including phenoxy) is 1. The fraction of sp³-hybridized carbons (Fsp3) is 0.542. The quantitative estimate of drug-likeness (QED) is 0.456. The van der Waals surface area contributed by atoms with Crippen molar-refractivity contribution in [1.29, 1.82) is 0 Å². The number of quaternary nitrogens is 1. The summed E-state index contributed by atoms with van der Waals surface area (Å²) in [7, 11) is 2.39. The number of rotatable bonds is 7. The molecule has 0 saturated carbocycles. The second kappa shape index (κ2) is 9.40. The Morgan fingerprint density at radius 2 is 1.90 bits per heavy atom. The van der Waals surface area contributed by atoms with E-state index in [1.807, 2.05) is 12.1 Å². The molecular formula is C24H32NO3S+. The van der Waals surface area contributed by atoms with E-state index < -0.39 is 0 Å². The molecule has 1 aromatic carbocycles. The number of hydrogen-bond acceptors (Lipinski definition) is 4. The average molecular weight is 415 g/mol. The molecule has 5 heteroatoms. The Kier molecular flexibility index (Phi) is 6.66. The molecule has 2 fully saturated rings. The number of fused-ring (bicyclic) bond motifs is 1. The normalized spacial score (nSPS) is 26.7. The first-order chi connectivity index (χ1) is 14.1. The van der Waals surface area contributed by atoms with Gasteiger partial charge in [0, 0.05) is 18.1 Å². The molecule has 156 valence electrons. The monoisotopic (exact) mass is 414 g/mol. The van der Waals surface area contributed by atoms with Gasteiger partial charge in [0.15, 0.2) is 0 Å². The van der Waals surface area contributed by atoms with E-state index >= 15 is 0 Å². The number of carbonyl (C=O) groups is 1. The molecule has 0 spiro atoms. The SMILES string of the molecule is C[N+]12CCCC[C@H]1[C@@H](COC(=O)c1ccc(CSCc3ccccc3)o1)CCC2. The molecule has 4 rings (SSSR count). The molecular weight excluding hydrogens is 382 g/mol. The minimum Gasteiger partial charge on any atom is -0.459 e. The first kappa shape index (κ1) is 20.5. The largest absolute Gasteiger partial charge is 0.459 e. The molecule has 29 heavy (non-hydrogen) atoms. The van der Waals surface area contributed by atoms with Crippen LogP contribution in [0.2, 0.25) is 0 Å². The molecule has 0 N–H and O–H groups in total. The second-order valence-electron chi connectivity index (χ2n) is 8.73. The summed E-state index contributed by atoms with van der Waals surface area (Å²) in [5.74, 6) is 3.00. The summed E-state index contributed by atoms with van der Waals surface area (Å²) in [5, 5.41) is 0. The number of furan rings is 1. The number of thioether (sulfide) groups is 1. The van der Waals surface area contributed by atoms with E-state index in [0.29, 0.717) is 24.3 Å². The first-order valence-electron chi connectivity index (χ1n) is 10.9. The zero-order chi connectivity index (χ0) is 20.1. The van der Waals surface area contributed by atoms with Crippen LogP contribution in [0.15, 0.2) is 46.9 Å². The van der Waals surface area contributed by atoms with Gasteiger partial charge in [0.2, 0.25) is 5.76 Å². The fourth-order valence-corrected chi connectivity index (χ4v) is 5.98. The zero-order valence-corrected chi connectivity index (χ0v) is 18.2. The van der Waals surface area contributed by atoms with Crippen molar-refractivity contribution in [3.8, 4) is 0 Å². The summed E-state index contributed by atoms with van der Waals surface area (Å²) >= 11 is 1.78. The highest BCUT2D eigenvalue weighted by Gasteiger charge is 2.43. The maximum Gasteiger partial charge on any atom is 0.374 e. The van der Waals surface area contributed by atoms with Gasteiger partial charge in [-0.1, -0.05) is 30.3 Å². The molecule has 3 atom stereocenters. The lowest BCUT2D eigenvalue weighted by molar-refractivity contribution is -0.947. The van der Waals surface area contributed by atoms with E-state index in [1.165, 1.54) is 55.2 Å². The Morgan fingerprint density at radius 1 is 1.07 bits per heavy atom. The minimum atomic E-state index is -0.320. The molecule has 2 aliphatic heterocycles. The fourth-order valence-electron chi connectivity index (χ4n) is 5.09. The molecule has 2 saturated heterocycles. The van der Waals surface area contributed by atoms with Crippen molar-refractivity contribution in [2.75, 3.05) is 26.7 Å². The Hall–Kier alpha value is -1.72. The van der Waals surface area contributed by atoms with E-state index in [1.54, 1.807) is 17.8 Å². The van der Waals surface area contributed by atoms with Crippen molar-refractivity contribution < 1.29 is 18.4 Å². The summed E-state index contributed by atoms with van der Waals surface area (Å²) < 4.78 is 12.6.